The van der Waals surface area contributed by atoms with E-state index in [9.17, 15) is 18.0 Å². The molecule has 32 heavy (non-hydrogen) atoms. The first kappa shape index (κ1) is 22.5. The average Bonchev–Trinajstić information content (AvgIpc) is 3.47. The van der Waals surface area contributed by atoms with Crippen molar-refractivity contribution in [2.24, 2.45) is 0 Å². The zero-order valence-corrected chi connectivity index (χ0v) is 19.4. The van der Waals surface area contributed by atoms with E-state index in [0.717, 1.165) is 0 Å². The molecule has 1 saturated carbocycles. The van der Waals surface area contributed by atoms with E-state index in [1.165, 1.54) is 35.6 Å². The van der Waals surface area contributed by atoms with Gasteiger partial charge in [-0.25, -0.2) is 8.42 Å². The fraction of sp³-hybridized carbons (Fsp3) is 0.217. The Morgan fingerprint density at radius 1 is 0.906 bits per heavy atom. The zero-order chi connectivity index (χ0) is 22.8. The first-order valence-electron chi connectivity index (χ1n) is 10.1. The van der Waals surface area contributed by atoms with Gasteiger partial charge in [0.1, 0.15) is 0 Å². The van der Waals surface area contributed by atoms with Crippen LogP contribution in [0.3, 0.4) is 0 Å². The number of nitrogens with one attached hydrogen (secondary N) is 2. The molecule has 166 valence electrons. The average molecular weight is 489 g/mol. The number of carbonyl (C=O) groups excluding carboxylic acids is 2. The lowest BCUT2D eigenvalue weighted by atomic mass is 10.1. The predicted octanol–water partition coefficient (Wildman–Crippen LogP) is 5.38. The minimum atomic E-state index is -3.93. The molecule has 1 aliphatic rings. The molecule has 1 aromatic heterocycles. The standard InChI is InChI=1S/C23H21ClN2O4S2/c24-16-8-10-19(11-9-16)32(29,30)23(12-1-2-13-23)22(28)26-18-6-3-5-17(15-18)25-21(27)20-7-4-14-31-20/h3-11,14-15H,1-2,12-13H2,(H,25,27)(H,26,28). The molecule has 2 N–H and O–H groups in total. The highest BCUT2D eigenvalue weighted by molar-refractivity contribution is 7.93. The minimum absolute atomic E-state index is 0.0795. The van der Waals surface area contributed by atoms with E-state index in [-0.39, 0.29) is 23.6 Å². The molecule has 1 aliphatic carbocycles. The van der Waals surface area contributed by atoms with Gasteiger partial charge in [-0.1, -0.05) is 36.6 Å². The summed E-state index contributed by atoms with van der Waals surface area (Å²) in [6.45, 7) is 0. The molecule has 1 heterocycles. The van der Waals surface area contributed by atoms with E-state index in [0.29, 0.717) is 34.1 Å². The lowest BCUT2D eigenvalue weighted by molar-refractivity contribution is -0.118. The number of sulfone groups is 1. The lowest BCUT2D eigenvalue weighted by Gasteiger charge is -2.27. The molecule has 0 spiro atoms. The Kier molecular flexibility index (Phi) is 6.37. The largest absolute Gasteiger partial charge is 0.325 e. The van der Waals surface area contributed by atoms with Crippen molar-refractivity contribution in [1.82, 2.24) is 0 Å². The van der Waals surface area contributed by atoms with Crippen LogP contribution in [0.15, 0.2) is 70.9 Å². The van der Waals surface area contributed by atoms with Crippen molar-refractivity contribution in [2.45, 2.75) is 35.3 Å². The van der Waals surface area contributed by atoms with E-state index < -0.39 is 20.5 Å². The second kappa shape index (κ2) is 9.05. The third-order valence-corrected chi connectivity index (χ3v) is 9.22. The van der Waals surface area contributed by atoms with Crippen LogP contribution in [0, 0.1) is 0 Å². The second-order valence-electron chi connectivity index (χ2n) is 7.63. The third-order valence-electron chi connectivity index (χ3n) is 5.59. The van der Waals surface area contributed by atoms with Gasteiger partial charge in [0.2, 0.25) is 5.91 Å². The Bertz CT molecular complexity index is 1230. The molecule has 0 atom stereocenters. The molecule has 0 saturated heterocycles. The third kappa shape index (κ3) is 4.30. The van der Waals surface area contributed by atoms with E-state index in [1.807, 2.05) is 5.38 Å². The molecule has 2 amide bonds. The van der Waals surface area contributed by atoms with Gasteiger partial charge < -0.3 is 10.6 Å². The summed E-state index contributed by atoms with van der Waals surface area (Å²) < 4.78 is 25.4. The Morgan fingerprint density at radius 3 is 2.19 bits per heavy atom. The number of hydrogen-bond donors (Lipinski definition) is 2. The van der Waals surface area contributed by atoms with Gasteiger partial charge in [-0.2, -0.15) is 0 Å². The maximum Gasteiger partial charge on any atom is 0.265 e. The monoisotopic (exact) mass is 488 g/mol. The summed E-state index contributed by atoms with van der Waals surface area (Å²) in [4.78, 5) is 26.3. The van der Waals surface area contributed by atoms with Crippen LogP contribution in [-0.4, -0.2) is 25.0 Å². The molecule has 2 aromatic carbocycles. The van der Waals surface area contributed by atoms with Gasteiger partial charge in [-0.05, 0) is 66.8 Å². The van der Waals surface area contributed by atoms with Crippen LogP contribution in [0.5, 0.6) is 0 Å². The van der Waals surface area contributed by atoms with Gasteiger partial charge in [0.05, 0.1) is 9.77 Å². The first-order chi connectivity index (χ1) is 15.3. The Hall–Kier alpha value is -2.68. The van der Waals surface area contributed by atoms with Crippen LogP contribution in [0.1, 0.15) is 35.4 Å². The molecule has 6 nitrogen and oxygen atoms in total. The molecular formula is C23H21ClN2O4S2. The molecule has 0 bridgehead atoms. The molecule has 0 aliphatic heterocycles. The number of anilines is 2. The summed E-state index contributed by atoms with van der Waals surface area (Å²) in [5.74, 6) is -0.812. The van der Waals surface area contributed by atoms with Crippen molar-refractivity contribution < 1.29 is 18.0 Å². The van der Waals surface area contributed by atoms with Crippen LogP contribution in [0.25, 0.3) is 0 Å². The summed E-state index contributed by atoms with van der Waals surface area (Å²) in [5, 5.41) is 7.79. The van der Waals surface area contributed by atoms with Crippen molar-refractivity contribution in [3.63, 3.8) is 0 Å². The van der Waals surface area contributed by atoms with Crippen molar-refractivity contribution >= 4 is 56.0 Å². The van der Waals surface area contributed by atoms with Crippen molar-refractivity contribution in [2.75, 3.05) is 10.6 Å². The molecular weight excluding hydrogens is 468 g/mol. The van der Waals surface area contributed by atoms with E-state index in [2.05, 4.69) is 10.6 Å². The lowest BCUT2D eigenvalue weighted by Crippen LogP contribution is -2.47. The Morgan fingerprint density at radius 2 is 1.56 bits per heavy atom. The molecule has 9 heteroatoms. The van der Waals surface area contributed by atoms with Gasteiger partial charge in [-0.15, -0.1) is 11.3 Å². The van der Waals surface area contributed by atoms with E-state index in [1.54, 1.807) is 36.4 Å². The first-order valence-corrected chi connectivity index (χ1v) is 12.8. The summed E-state index contributed by atoms with van der Waals surface area (Å²) in [6, 6.07) is 16.1. The summed E-state index contributed by atoms with van der Waals surface area (Å²) >= 11 is 7.23. The van der Waals surface area contributed by atoms with Gasteiger partial charge in [0, 0.05) is 16.4 Å². The highest BCUT2D eigenvalue weighted by Crippen LogP contribution is 2.41. The normalized spacial score (nSPS) is 15.3. The molecule has 4 rings (SSSR count). The van der Waals surface area contributed by atoms with Crippen LogP contribution >= 0.6 is 22.9 Å². The van der Waals surface area contributed by atoms with Crippen LogP contribution in [0.4, 0.5) is 11.4 Å². The fourth-order valence-electron chi connectivity index (χ4n) is 3.92. The van der Waals surface area contributed by atoms with Crippen LogP contribution < -0.4 is 10.6 Å². The molecule has 0 unspecified atom stereocenters. The van der Waals surface area contributed by atoms with Crippen molar-refractivity contribution in [3.8, 4) is 0 Å². The van der Waals surface area contributed by atoms with Crippen LogP contribution in [0.2, 0.25) is 5.02 Å². The van der Waals surface area contributed by atoms with Crippen molar-refractivity contribution in [1.29, 1.82) is 0 Å². The SMILES string of the molecule is O=C(Nc1cccc(NC(=O)C2(S(=O)(=O)c3ccc(Cl)cc3)CCCC2)c1)c1cccs1. The van der Waals surface area contributed by atoms with E-state index >= 15 is 0 Å². The zero-order valence-electron chi connectivity index (χ0n) is 17.0. The van der Waals surface area contributed by atoms with Gasteiger partial charge in [0.15, 0.2) is 14.6 Å². The highest BCUT2D eigenvalue weighted by Gasteiger charge is 2.52. The second-order valence-corrected chi connectivity index (χ2v) is 11.3. The molecule has 0 radical (unpaired) electrons. The molecule has 3 aromatic rings. The van der Waals surface area contributed by atoms with Gasteiger partial charge in [-0.3, -0.25) is 9.59 Å². The number of thiophene rings is 1. The maximum atomic E-state index is 13.5. The smallest absolute Gasteiger partial charge is 0.265 e. The topological polar surface area (TPSA) is 92.3 Å². The predicted molar refractivity (Wildman–Crippen MR) is 127 cm³/mol. The van der Waals surface area contributed by atoms with E-state index in [4.69, 9.17) is 11.6 Å². The summed E-state index contributed by atoms with van der Waals surface area (Å²) in [5.41, 5.74) is 0.916. The maximum absolute atomic E-state index is 13.5. The van der Waals surface area contributed by atoms with Crippen molar-refractivity contribution in [3.05, 3.63) is 75.9 Å². The number of rotatable bonds is 6. The minimum Gasteiger partial charge on any atom is -0.325 e. The highest BCUT2D eigenvalue weighted by atomic mass is 35.5. The quantitative estimate of drug-likeness (QED) is 0.487. The van der Waals surface area contributed by atoms with Gasteiger partial charge in [0.25, 0.3) is 5.91 Å². The number of amides is 2. The summed E-state index contributed by atoms with van der Waals surface area (Å²) in [6.07, 6.45) is 1.80. The fourth-order valence-corrected chi connectivity index (χ4v) is 6.74. The Labute approximate surface area is 195 Å². The number of hydrogen-bond acceptors (Lipinski definition) is 5. The number of carbonyl (C=O) groups is 2. The van der Waals surface area contributed by atoms with Crippen LogP contribution in [-0.2, 0) is 14.6 Å². The summed E-state index contributed by atoms with van der Waals surface area (Å²) in [7, 11) is -3.93. The number of halogens is 1. The Balaban J connectivity index is 1.57. The molecule has 1 fully saturated rings. The van der Waals surface area contributed by atoms with Gasteiger partial charge >= 0.3 is 0 Å². The number of benzene rings is 2.